The summed E-state index contributed by atoms with van der Waals surface area (Å²) < 4.78 is 5.04. The second-order valence-electron chi connectivity index (χ2n) is 4.97. The first kappa shape index (κ1) is 12.9. The third-order valence-electron chi connectivity index (χ3n) is 3.03. The fourth-order valence-corrected chi connectivity index (χ4v) is 2.13. The summed E-state index contributed by atoms with van der Waals surface area (Å²) in [7, 11) is 0. The third kappa shape index (κ3) is 3.00. The first-order chi connectivity index (χ1) is 8.61. The van der Waals surface area contributed by atoms with Crippen LogP contribution in [0.3, 0.4) is 0 Å². The number of carbonyl (C=O) groups is 1. The second-order valence-corrected chi connectivity index (χ2v) is 4.97. The van der Waals surface area contributed by atoms with Gasteiger partial charge in [0, 0.05) is 12.2 Å². The monoisotopic (exact) mass is 248 g/mol. The number of pyridine rings is 1. The molecule has 0 spiro atoms. The summed E-state index contributed by atoms with van der Waals surface area (Å²) >= 11 is 0. The molecule has 98 valence electrons. The summed E-state index contributed by atoms with van der Waals surface area (Å²) in [5.41, 5.74) is 1.17. The quantitative estimate of drug-likeness (QED) is 0.814. The van der Waals surface area contributed by atoms with E-state index in [1.54, 1.807) is 6.20 Å². The zero-order valence-electron chi connectivity index (χ0n) is 11.1. The van der Waals surface area contributed by atoms with E-state index < -0.39 is 0 Å². The van der Waals surface area contributed by atoms with Crippen molar-refractivity contribution in [1.82, 2.24) is 4.98 Å². The second kappa shape index (κ2) is 5.38. The number of ether oxygens (including phenoxy) is 1. The minimum Gasteiger partial charge on any atom is -0.466 e. The van der Waals surface area contributed by atoms with E-state index in [4.69, 9.17) is 4.74 Å². The van der Waals surface area contributed by atoms with Crippen LogP contribution < -0.4 is 5.32 Å². The Labute approximate surface area is 108 Å². The van der Waals surface area contributed by atoms with Crippen LogP contribution in [0.25, 0.3) is 0 Å². The Bertz CT molecular complexity index is 432. The predicted molar refractivity (Wildman–Crippen MR) is 70.5 cm³/mol. The molecule has 0 amide bonds. The van der Waals surface area contributed by atoms with Crippen LogP contribution in [0, 0.1) is 5.92 Å². The van der Waals surface area contributed by atoms with Gasteiger partial charge in [0.2, 0.25) is 0 Å². The minimum atomic E-state index is -0.0716. The highest BCUT2D eigenvalue weighted by atomic mass is 16.5. The summed E-state index contributed by atoms with van der Waals surface area (Å²) in [6.07, 6.45) is 2.69. The molecule has 1 N–H and O–H groups in total. The maximum absolute atomic E-state index is 11.6. The maximum Gasteiger partial charge on any atom is 0.309 e. The maximum atomic E-state index is 11.6. The van der Waals surface area contributed by atoms with E-state index in [-0.39, 0.29) is 11.9 Å². The standard InChI is InChI=1S/C14H20N2O2/c1-4-18-14(17)12-8-11(12)10-5-6-15-13(7-10)16-9(2)3/h5-7,9,11-12H,4,8H2,1-3H3,(H,15,16)/t11-,12+/m0/s1. The Kier molecular flexibility index (Phi) is 3.84. The van der Waals surface area contributed by atoms with Crippen LogP contribution in [0.5, 0.6) is 0 Å². The number of carbonyl (C=O) groups excluding carboxylic acids is 1. The van der Waals surface area contributed by atoms with Crippen LogP contribution in [0.4, 0.5) is 5.82 Å². The molecular weight excluding hydrogens is 228 g/mol. The average molecular weight is 248 g/mol. The predicted octanol–water partition coefficient (Wildman–Crippen LogP) is 2.57. The molecule has 1 fully saturated rings. The van der Waals surface area contributed by atoms with Gasteiger partial charge in [-0.2, -0.15) is 0 Å². The van der Waals surface area contributed by atoms with Gasteiger partial charge in [-0.3, -0.25) is 4.79 Å². The van der Waals surface area contributed by atoms with Crippen LogP contribution in [-0.2, 0) is 9.53 Å². The topological polar surface area (TPSA) is 51.2 Å². The molecule has 0 radical (unpaired) electrons. The first-order valence-corrected chi connectivity index (χ1v) is 6.51. The van der Waals surface area contributed by atoms with Gasteiger partial charge in [-0.15, -0.1) is 0 Å². The van der Waals surface area contributed by atoms with Crippen LogP contribution in [0.1, 0.15) is 38.7 Å². The normalized spacial score (nSPS) is 21.8. The summed E-state index contributed by atoms with van der Waals surface area (Å²) in [5.74, 6) is 1.15. The van der Waals surface area contributed by atoms with Crippen molar-refractivity contribution in [3.05, 3.63) is 23.9 Å². The smallest absolute Gasteiger partial charge is 0.309 e. The Balaban J connectivity index is 2.01. The molecule has 2 atom stereocenters. The van der Waals surface area contributed by atoms with E-state index >= 15 is 0 Å². The fourth-order valence-electron chi connectivity index (χ4n) is 2.13. The molecule has 0 unspecified atom stereocenters. The third-order valence-corrected chi connectivity index (χ3v) is 3.03. The molecule has 1 aliphatic carbocycles. The highest BCUT2D eigenvalue weighted by Crippen LogP contribution is 2.48. The number of hydrogen-bond acceptors (Lipinski definition) is 4. The van der Waals surface area contributed by atoms with Gasteiger partial charge in [-0.25, -0.2) is 4.98 Å². The van der Waals surface area contributed by atoms with Gasteiger partial charge in [-0.05, 0) is 50.8 Å². The van der Waals surface area contributed by atoms with E-state index in [1.165, 1.54) is 5.56 Å². The Morgan fingerprint density at radius 3 is 3.06 bits per heavy atom. The lowest BCUT2D eigenvalue weighted by Gasteiger charge is -2.10. The molecule has 0 bridgehead atoms. The zero-order valence-corrected chi connectivity index (χ0v) is 11.1. The summed E-state index contributed by atoms with van der Waals surface area (Å²) in [4.78, 5) is 15.9. The van der Waals surface area contributed by atoms with Gasteiger partial charge in [0.1, 0.15) is 5.82 Å². The molecule has 0 aliphatic heterocycles. The van der Waals surface area contributed by atoms with Crippen molar-refractivity contribution in [2.75, 3.05) is 11.9 Å². The molecule has 4 heteroatoms. The molecule has 0 aromatic carbocycles. The minimum absolute atomic E-state index is 0.0410. The molecule has 1 saturated carbocycles. The van der Waals surface area contributed by atoms with E-state index in [2.05, 4.69) is 24.1 Å². The zero-order chi connectivity index (χ0) is 13.1. The van der Waals surface area contributed by atoms with Gasteiger partial charge in [0.15, 0.2) is 0 Å². The van der Waals surface area contributed by atoms with Crippen molar-refractivity contribution < 1.29 is 9.53 Å². The number of rotatable bonds is 5. The van der Waals surface area contributed by atoms with Gasteiger partial charge >= 0.3 is 5.97 Å². The number of nitrogens with one attached hydrogen (secondary N) is 1. The molecule has 1 aromatic rings. The lowest BCUT2D eigenvalue weighted by Crippen LogP contribution is -2.11. The van der Waals surface area contributed by atoms with Crippen molar-refractivity contribution in [3.63, 3.8) is 0 Å². The summed E-state index contributed by atoms with van der Waals surface area (Å²) in [6.45, 7) is 6.45. The van der Waals surface area contributed by atoms with E-state index in [0.29, 0.717) is 18.6 Å². The average Bonchev–Trinajstić information content (AvgIpc) is 3.08. The number of hydrogen-bond donors (Lipinski definition) is 1. The van der Waals surface area contributed by atoms with Crippen molar-refractivity contribution in [2.24, 2.45) is 5.92 Å². The lowest BCUT2D eigenvalue weighted by atomic mass is 10.1. The Morgan fingerprint density at radius 2 is 2.39 bits per heavy atom. The van der Waals surface area contributed by atoms with E-state index in [9.17, 15) is 4.79 Å². The molecular formula is C14H20N2O2. The SMILES string of the molecule is CCOC(=O)[C@@H]1C[C@H]1c1ccnc(NC(C)C)c1. The van der Waals surface area contributed by atoms with Crippen LogP contribution >= 0.6 is 0 Å². The molecule has 0 saturated heterocycles. The number of nitrogens with zero attached hydrogens (tertiary/aromatic N) is 1. The van der Waals surface area contributed by atoms with Crippen LogP contribution in [-0.4, -0.2) is 23.6 Å². The van der Waals surface area contributed by atoms with E-state index in [0.717, 1.165) is 12.2 Å². The van der Waals surface area contributed by atoms with Gasteiger partial charge in [-0.1, -0.05) is 0 Å². The van der Waals surface area contributed by atoms with Crippen molar-refractivity contribution in [2.45, 2.75) is 39.2 Å². The first-order valence-electron chi connectivity index (χ1n) is 6.51. The number of aromatic nitrogens is 1. The highest BCUT2D eigenvalue weighted by molar-refractivity contribution is 5.77. The molecule has 18 heavy (non-hydrogen) atoms. The lowest BCUT2D eigenvalue weighted by molar-refractivity contribution is -0.144. The molecule has 4 nitrogen and oxygen atoms in total. The van der Waals surface area contributed by atoms with Crippen molar-refractivity contribution in [1.29, 1.82) is 0 Å². The highest BCUT2D eigenvalue weighted by Gasteiger charge is 2.45. The van der Waals surface area contributed by atoms with Crippen molar-refractivity contribution >= 4 is 11.8 Å². The van der Waals surface area contributed by atoms with Gasteiger partial charge in [0.05, 0.1) is 12.5 Å². The van der Waals surface area contributed by atoms with E-state index in [1.807, 2.05) is 19.1 Å². The van der Waals surface area contributed by atoms with Gasteiger partial charge in [0.25, 0.3) is 0 Å². The van der Waals surface area contributed by atoms with Crippen molar-refractivity contribution in [3.8, 4) is 0 Å². The Hall–Kier alpha value is -1.58. The molecule has 2 rings (SSSR count). The Morgan fingerprint density at radius 1 is 1.61 bits per heavy atom. The summed E-state index contributed by atoms with van der Waals surface area (Å²) in [6, 6.07) is 4.37. The summed E-state index contributed by atoms with van der Waals surface area (Å²) in [5, 5.41) is 3.27. The molecule has 1 heterocycles. The number of esters is 1. The largest absolute Gasteiger partial charge is 0.466 e. The van der Waals surface area contributed by atoms with Gasteiger partial charge < -0.3 is 10.1 Å². The fraction of sp³-hybridized carbons (Fsp3) is 0.571. The molecule has 1 aliphatic rings. The van der Waals surface area contributed by atoms with Crippen LogP contribution in [0.2, 0.25) is 0 Å². The molecule has 1 aromatic heterocycles. The van der Waals surface area contributed by atoms with Crippen LogP contribution in [0.15, 0.2) is 18.3 Å². The number of anilines is 1.